The summed E-state index contributed by atoms with van der Waals surface area (Å²) in [6.45, 7) is 3.39. The zero-order valence-corrected chi connectivity index (χ0v) is 11.0. The molecule has 1 fully saturated rings. The Morgan fingerprint density at radius 3 is 2.94 bits per heavy atom. The van der Waals surface area contributed by atoms with Crippen LogP contribution in [0.15, 0.2) is 18.2 Å². The van der Waals surface area contributed by atoms with Gasteiger partial charge < -0.3 is 15.4 Å². The minimum absolute atomic E-state index is 0.0192. The first-order valence-corrected chi connectivity index (χ1v) is 6.31. The number of nitrogens with zero attached hydrogens (tertiary/aromatic N) is 1. The molecule has 1 aromatic carbocycles. The number of amides is 1. The van der Waals surface area contributed by atoms with Crippen molar-refractivity contribution in [2.45, 2.75) is 25.8 Å². The van der Waals surface area contributed by atoms with Crippen molar-refractivity contribution in [3.8, 4) is 5.75 Å². The molecule has 0 saturated carbocycles. The molecule has 0 aromatic heterocycles. The van der Waals surface area contributed by atoms with Gasteiger partial charge in [0.05, 0.1) is 12.7 Å². The van der Waals surface area contributed by atoms with E-state index in [-0.39, 0.29) is 11.9 Å². The number of ether oxygens (including phenoxy) is 1. The number of rotatable bonds is 2. The van der Waals surface area contributed by atoms with Gasteiger partial charge in [-0.1, -0.05) is 11.6 Å². The third-order valence-corrected chi connectivity index (χ3v) is 3.33. The van der Waals surface area contributed by atoms with Crippen molar-refractivity contribution in [2.75, 3.05) is 20.2 Å². The summed E-state index contributed by atoms with van der Waals surface area (Å²) >= 11 is 0. The van der Waals surface area contributed by atoms with E-state index >= 15 is 0 Å². The zero-order chi connectivity index (χ0) is 13.1. The third-order valence-electron chi connectivity index (χ3n) is 3.33. The van der Waals surface area contributed by atoms with Gasteiger partial charge in [0.15, 0.2) is 0 Å². The molecule has 1 aliphatic heterocycles. The van der Waals surface area contributed by atoms with Crippen LogP contribution in [0, 0.1) is 6.92 Å². The molecule has 2 rings (SSSR count). The average Bonchev–Trinajstić information content (AvgIpc) is 2.38. The molecule has 4 heteroatoms. The number of carbonyl (C=O) groups excluding carboxylic acids is 1. The number of methoxy groups -OCH3 is 1. The lowest BCUT2D eigenvalue weighted by Crippen LogP contribution is -2.45. The number of hydrogen-bond acceptors (Lipinski definition) is 3. The second-order valence-corrected chi connectivity index (χ2v) is 4.86. The van der Waals surface area contributed by atoms with Crippen LogP contribution in [0.3, 0.4) is 0 Å². The summed E-state index contributed by atoms with van der Waals surface area (Å²) in [7, 11) is 1.59. The monoisotopic (exact) mass is 248 g/mol. The van der Waals surface area contributed by atoms with Gasteiger partial charge in [-0.2, -0.15) is 0 Å². The van der Waals surface area contributed by atoms with Crippen LogP contribution in [0.5, 0.6) is 5.75 Å². The summed E-state index contributed by atoms with van der Waals surface area (Å²) in [5, 5.41) is 0. The van der Waals surface area contributed by atoms with Gasteiger partial charge in [0.2, 0.25) is 0 Å². The molecule has 1 heterocycles. The fourth-order valence-corrected chi connectivity index (χ4v) is 2.35. The number of hydrogen-bond donors (Lipinski definition) is 1. The highest BCUT2D eigenvalue weighted by Crippen LogP contribution is 2.22. The predicted octanol–water partition coefficient (Wildman–Crippen LogP) is 1.57. The minimum Gasteiger partial charge on any atom is -0.496 e. The molecule has 0 bridgehead atoms. The number of carbonyl (C=O) groups is 1. The lowest BCUT2D eigenvalue weighted by molar-refractivity contribution is 0.0705. The van der Waals surface area contributed by atoms with E-state index in [9.17, 15) is 4.79 Å². The molecule has 1 saturated heterocycles. The number of aryl methyl sites for hydroxylation is 1. The van der Waals surface area contributed by atoms with Crippen LogP contribution in [0.25, 0.3) is 0 Å². The average molecular weight is 248 g/mol. The third kappa shape index (κ3) is 2.64. The van der Waals surface area contributed by atoms with Crippen molar-refractivity contribution in [3.05, 3.63) is 29.3 Å². The van der Waals surface area contributed by atoms with Crippen LogP contribution in [-0.4, -0.2) is 37.0 Å². The maximum Gasteiger partial charge on any atom is 0.257 e. The van der Waals surface area contributed by atoms with Gasteiger partial charge in [-0.15, -0.1) is 0 Å². The van der Waals surface area contributed by atoms with Gasteiger partial charge in [-0.05, 0) is 31.9 Å². The topological polar surface area (TPSA) is 55.6 Å². The number of likely N-dealkylation sites (tertiary alicyclic amines) is 1. The second kappa shape index (κ2) is 5.40. The first kappa shape index (κ1) is 12.9. The van der Waals surface area contributed by atoms with Gasteiger partial charge in [0, 0.05) is 19.1 Å². The quantitative estimate of drug-likeness (QED) is 0.864. The van der Waals surface area contributed by atoms with E-state index in [0.29, 0.717) is 17.9 Å². The first-order valence-electron chi connectivity index (χ1n) is 6.31. The summed E-state index contributed by atoms with van der Waals surface area (Å²) in [6.07, 6.45) is 1.97. The predicted molar refractivity (Wildman–Crippen MR) is 70.8 cm³/mol. The van der Waals surface area contributed by atoms with Gasteiger partial charge in [0.25, 0.3) is 5.91 Å². The van der Waals surface area contributed by atoms with E-state index in [0.717, 1.165) is 24.9 Å². The van der Waals surface area contributed by atoms with Crippen molar-refractivity contribution in [3.63, 3.8) is 0 Å². The number of nitrogens with two attached hydrogens (primary N) is 1. The smallest absolute Gasteiger partial charge is 0.257 e. The molecule has 0 spiro atoms. The Morgan fingerprint density at radius 2 is 2.28 bits per heavy atom. The van der Waals surface area contributed by atoms with Gasteiger partial charge in [-0.25, -0.2) is 0 Å². The molecule has 4 nitrogen and oxygen atoms in total. The molecular weight excluding hydrogens is 228 g/mol. The van der Waals surface area contributed by atoms with Crippen molar-refractivity contribution in [1.29, 1.82) is 0 Å². The first-order chi connectivity index (χ1) is 8.61. The molecule has 1 aromatic rings. The Hall–Kier alpha value is -1.55. The van der Waals surface area contributed by atoms with Crippen LogP contribution in [0.1, 0.15) is 28.8 Å². The maximum absolute atomic E-state index is 12.5. The summed E-state index contributed by atoms with van der Waals surface area (Å²) in [5.41, 5.74) is 7.60. The van der Waals surface area contributed by atoms with Crippen molar-refractivity contribution in [2.24, 2.45) is 5.73 Å². The highest BCUT2D eigenvalue weighted by atomic mass is 16.5. The van der Waals surface area contributed by atoms with Crippen LogP contribution in [0.4, 0.5) is 0 Å². The van der Waals surface area contributed by atoms with Gasteiger partial charge in [-0.3, -0.25) is 4.79 Å². The molecule has 2 N–H and O–H groups in total. The van der Waals surface area contributed by atoms with Crippen molar-refractivity contribution in [1.82, 2.24) is 4.90 Å². The van der Waals surface area contributed by atoms with E-state index in [2.05, 4.69) is 0 Å². The molecule has 1 amide bonds. The van der Waals surface area contributed by atoms with Gasteiger partial charge in [0.1, 0.15) is 5.75 Å². The van der Waals surface area contributed by atoms with Crippen LogP contribution >= 0.6 is 0 Å². The van der Waals surface area contributed by atoms with Crippen molar-refractivity contribution >= 4 is 5.91 Å². The Kier molecular flexibility index (Phi) is 3.87. The largest absolute Gasteiger partial charge is 0.496 e. The van der Waals surface area contributed by atoms with E-state index < -0.39 is 0 Å². The summed E-state index contributed by atoms with van der Waals surface area (Å²) < 4.78 is 5.26. The molecule has 0 radical (unpaired) electrons. The normalized spacial score (nSPS) is 19.7. The number of piperidine rings is 1. The lowest BCUT2D eigenvalue weighted by atomic mass is 10.0. The fourth-order valence-electron chi connectivity index (χ4n) is 2.35. The SMILES string of the molecule is COc1ccc(C)cc1C(=O)N1CCCC(N)C1. The summed E-state index contributed by atoms with van der Waals surface area (Å²) in [4.78, 5) is 14.3. The molecule has 18 heavy (non-hydrogen) atoms. The minimum atomic E-state index is 0.0192. The summed E-state index contributed by atoms with van der Waals surface area (Å²) in [6, 6.07) is 5.75. The van der Waals surface area contributed by atoms with Crippen LogP contribution in [0.2, 0.25) is 0 Å². The van der Waals surface area contributed by atoms with Crippen LogP contribution < -0.4 is 10.5 Å². The Bertz CT molecular complexity index is 445. The van der Waals surface area contributed by atoms with E-state index in [1.807, 2.05) is 30.0 Å². The van der Waals surface area contributed by atoms with E-state index in [1.54, 1.807) is 7.11 Å². The van der Waals surface area contributed by atoms with Crippen molar-refractivity contribution < 1.29 is 9.53 Å². The Morgan fingerprint density at radius 1 is 1.50 bits per heavy atom. The molecule has 1 atom stereocenters. The van der Waals surface area contributed by atoms with E-state index in [1.165, 1.54) is 0 Å². The Balaban J connectivity index is 2.24. The maximum atomic E-state index is 12.5. The molecule has 1 unspecified atom stereocenters. The molecule has 1 aliphatic rings. The highest BCUT2D eigenvalue weighted by molar-refractivity contribution is 5.97. The molecular formula is C14H20N2O2. The van der Waals surface area contributed by atoms with E-state index in [4.69, 9.17) is 10.5 Å². The second-order valence-electron chi connectivity index (χ2n) is 4.86. The number of benzene rings is 1. The standard InChI is InChI=1S/C14H20N2O2/c1-10-5-6-13(18-2)12(8-10)14(17)16-7-3-4-11(15)9-16/h5-6,8,11H,3-4,7,9,15H2,1-2H3. The lowest BCUT2D eigenvalue weighted by Gasteiger charge is -2.31. The molecule has 0 aliphatic carbocycles. The highest BCUT2D eigenvalue weighted by Gasteiger charge is 2.24. The molecule has 98 valence electrons. The Labute approximate surface area is 108 Å². The zero-order valence-electron chi connectivity index (χ0n) is 11.0. The fraction of sp³-hybridized carbons (Fsp3) is 0.500. The van der Waals surface area contributed by atoms with Crippen LogP contribution in [-0.2, 0) is 0 Å². The summed E-state index contributed by atoms with van der Waals surface area (Å²) in [5.74, 6) is 0.649. The van der Waals surface area contributed by atoms with Gasteiger partial charge >= 0.3 is 0 Å².